The summed E-state index contributed by atoms with van der Waals surface area (Å²) in [5.41, 5.74) is 5.68. The molecule has 0 spiro atoms. The van der Waals surface area contributed by atoms with Crippen LogP contribution >= 0.6 is 11.6 Å². The fraction of sp³-hybridized carbons (Fsp3) is 0.308. The zero-order valence-corrected chi connectivity index (χ0v) is 11.8. The van der Waals surface area contributed by atoms with E-state index in [2.05, 4.69) is 15.0 Å². The number of benzene rings is 1. The van der Waals surface area contributed by atoms with Gasteiger partial charge in [0, 0.05) is 19.2 Å². The van der Waals surface area contributed by atoms with Crippen LogP contribution in [-0.2, 0) is 0 Å². The largest absolute Gasteiger partial charge is 0.424 e. The molecule has 3 rings (SSSR count). The van der Waals surface area contributed by atoms with E-state index in [1.165, 1.54) is 18.2 Å². The second-order valence-electron chi connectivity index (χ2n) is 4.65. The lowest BCUT2D eigenvalue weighted by Crippen LogP contribution is -2.21. The molecule has 0 radical (unpaired) electrons. The van der Waals surface area contributed by atoms with Crippen LogP contribution in [0.5, 0.6) is 11.8 Å². The van der Waals surface area contributed by atoms with Crippen LogP contribution < -0.4 is 15.4 Å². The van der Waals surface area contributed by atoms with Crippen molar-refractivity contribution in [1.29, 1.82) is 0 Å². The van der Waals surface area contributed by atoms with Crippen molar-refractivity contribution in [2.75, 3.05) is 23.7 Å². The standard InChI is InChI=1S/C13H13ClFN5O/c14-9-7-8(3-4-10(9)15)21-13-18-11(16)17-12(19-13)20-5-1-2-6-20/h3-4,7H,1-2,5-6H2,(H2,16,17,18,19). The minimum Gasteiger partial charge on any atom is -0.424 e. The maximum atomic E-state index is 13.1. The number of anilines is 2. The van der Waals surface area contributed by atoms with E-state index >= 15 is 0 Å². The molecule has 0 aliphatic carbocycles. The van der Waals surface area contributed by atoms with E-state index < -0.39 is 5.82 Å². The van der Waals surface area contributed by atoms with Crippen molar-refractivity contribution in [3.05, 3.63) is 29.0 Å². The molecular weight excluding hydrogens is 297 g/mol. The predicted molar refractivity (Wildman–Crippen MR) is 77.2 cm³/mol. The van der Waals surface area contributed by atoms with E-state index in [4.69, 9.17) is 22.1 Å². The molecule has 1 fully saturated rings. The lowest BCUT2D eigenvalue weighted by Gasteiger charge is -2.15. The van der Waals surface area contributed by atoms with Crippen LogP contribution in [0.25, 0.3) is 0 Å². The van der Waals surface area contributed by atoms with Gasteiger partial charge in [-0.3, -0.25) is 0 Å². The Balaban J connectivity index is 1.85. The molecule has 1 aromatic heterocycles. The van der Waals surface area contributed by atoms with Gasteiger partial charge >= 0.3 is 6.01 Å². The summed E-state index contributed by atoms with van der Waals surface area (Å²) in [7, 11) is 0. The highest BCUT2D eigenvalue weighted by Gasteiger charge is 2.17. The van der Waals surface area contributed by atoms with Crippen molar-refractivity contribution in [2.45, 2.75) is 12.8 Å². The number of aromatic nitrogens is 3. The van der Waals surface area contributed by atoms with Gasteiger partial charge in [0.1, 0.15) is 11.6 Å². The molecule has 21 heavy (non-hydrogen) atoms. The van der Waals surface area contributed by atoms with E-state index in [9.17, 15) is 4.39 Å². The predicted octanol–water partition coefficient (Wildman–Crippen LogP) is 2.64. The smallest absolute Gasteiger partial charge is 0.328 e. The summed E-state index contributed by atoms with van der Waals surface area (Å²) < 4.78 is 18.6. The SMILES string of the molecule is Nc1nc(Oc2ccc(F)c(Cl)c2)nc(N2CCCC2)n1. The molecule has 2 aromatic rings. The van der Waals surface area contributed by atoms with Crippen LogP contribution in [0.15, 0.2) is 18.2 Å². The third-order valence-electron chi connectivity index (χ3n) is 3.11. The molecule has 0 atom stereocenters. The third-order valence-corrected chi connectivity index (χ3v) is 3.40. The van der Waals surface area contributed by atoms with Gasteiger partial charge in [-0.25, -0.2) is 4.39 Å². The van der Waals surface area contributed by atoms with Crippen molar-refractivity contribution < 1.29 is 9.13 Å². The number of rotatable bonds is 3. The van der Waals surface area contributed by atoms with Gasteiger partial charge in [0.05, 0.1) is 5.02 Å². The molecular formula is C13H13ClFN5O. The number of halogens is 2. The number of hydrogen-bond acceptors (Lipinski definition) is 6. The molecule has 6 nitrogen and oxygen atoms in total. The third kappa shape index (κ3) is 3.13. The maximum Gasteiger partial charge on any atom is 0.328 e. The molecule has 2 heterocycles. The highest BCUT2D eigenvalue weighted by atomic mass is 35.5. The van der Waals surface area contributed by atoms with Gasteiger partial charge in [0.2, 0.25) is 11.9 Å². The Labute approximate surface area is 125 Å². The van der Waals surface area contributed by atoms with Gasteiger partial charge in [0.15, 0.2) is 0 Å². The molecule has 0 unspecified atom stereocenters. The zero-order chi connectivity index (χ0) is 14.8. The zero-order valence-electron chi connectivity index (χ0n) is 11.1. The summed E-state index contributed by atoms with van der Waals surface area (Å²) in [4.78, 5) is 14.3. The molecule has 1 aromatic carbocycles. The molecule has 1 aliphatic heterocycles. The summed E-state index contributed by atoms with van der Waals surface area (Å²) in [5.74, 6) is 0.384. The van der Waals surface area contributed by atoms with E-state index in [0.29, 0.717) is 11.7 Å². The first-order valence-corrected chi connectivity index (χ1v) is 6.89. The Morgan fingerprint density at radius 2 is 1.95 bits per heavy atom. The average molecular weight is 310 g/mol. The molecule has 2 N–H and O–H groups in total. The number of hydrogen-bond donors (Lipinski definition) is 1. The monoisotopic (exact) mass is 309 g/mol. The van der Waals surface area contributed by atoms with Gasteiger partial charge in [-0.2, -0.15) is 15.0 Å². The highest BCUT2D eigenvalue weighted by molar-refractivity contribution is 6.30. The summed E-state index contributed by atoms with van der Waals surface area (Å²) in [5, 5.41) is -0.0331. The Morgan fingerprint density at radius 3 is 2.67 bits per heavy atom. The molecule has 110 valence electrons. The first-order valence-electron chi connectivity index (χ1n) is 6.51. The fourth-order valence-corrected chi connectivity index (χ4v) is 2.28. The van der Waals surface area contributed by atoms with Crippen LogP contribution in [0, 0.1) is 5.82 Å². The van der Waals surface area contributed by atoms with Crippen LogP contribution in [-0.4, -0.2) is 28.0 Å². The van der Waals surface area contributed by atoms with Crippen molar-refractivity contribution in [3.63, 3.8) is 0 Å². The Bertz CT molecular complexity index is 663. The van der Waals surface area contributed by atoms with E-state index in [1.807, 2.05) is 4.90 Å². The quantitative estimate of drug-likeness (QED) is 0.939. The van der Waals surface area contributed by atoms with Crippen LogP contribution in [0.2, 0.25) is 5.02 Å². The number of nitrogens with two attached hydrogens (primary N) is 1. The molecule has 0 saturated carbocycles. The first-order chi connectivity index (χ1) is 10.1. The average Bonchev–Trinajstić information content (AvgIpc) is 2.96. The van der Waals surface area contributed by atoms with Crippen molar-refractivity contribution in [2.24, 2.45) is 0 Å². The van der Waals surface area contributed by atoms with Gasteiger partial charge < -0.3 is 15.4 Å². The van der Waals surface area contributed by atoms with Crippen LogP contribution in [0.3, 0.4) is 0 Å². The van der Waals surface area contributed by atoms with E-state index in [1.54, 1.807) is 0 Å². The van der Waals surface area contributed by atoms with Gasteiger partial charge in [-0.05, 0) is 25.0 Å². The molecule has 0 bridgehead atoms. The molecule has 1 saturated heterocycles. The minimum atomic E-state index is -0.517. The highest BCUT2D eigenvalue weighted by Crippen LogP contribution is 2.26. The Morgan fingerprint density at radius 1 is 1.19 bits per heavy atom. The number of nitrogens with zero attached hydrogens (tertiary/aromatic N) is 4. The Kier molecular flexibility index (Phi) is 3.74. The second kappa shape index (κ2) is 5.69. The Hall–Kier alpha value is -2.15. The lowest BCUT2D eigenvalue weighted by molar-refractivity contribution is 0.439. The van der Waals surface area contributed by atoms with Crippen molar-refractivity contribution in [3.8, 4) is 11.8 Å². The molecule has 1 aliphatic rings. The summed E-state index contributed by atoms with van der Waals surface area (Å²) in [6.45, 7) is 1.76. The van der Waals surface area contributed by atoms with Crippen LogP contribution in [0.4, 0.5) is 16.3 Å². The van der Waals surface area contributed by atoms with Gasteiger partial charge in [0.25, 0.3) is 0 Å². The van der Waals surface area contributed by atoms with Crippen molar-refractivity contribution in [1.82, 2.24) is 15.0 Å². The summed E-state index contributed by atoms with van der Waals surface area (Å²) in [6.07, 6.45) is 2.19. The normalized spacial score (nSPS) is 14.5. The summed E-state index contributed by atoms with van der Waals surface area (Å²) >= 11 is 5.71. The number of ether oxygens (including phenoxy) is 1. The van der Waals surface area contributed by atoms with Gasteiger partial charge in [-0.15, -0.1) is 0 Å². The number of nitrogen functional groups attached to an aromatic ring is 1. The summed E-state index contributed by atoms with van der Waals surface area (Å²) in [6, 6.07) is 4.07. The second-order valence-corrected chi connectivity index (χ2v) is 5.06. The minimum absolute atomic E-state index is 0.0331. The molecule has 0 amide bonds. The van der Waals surface area contributed by atoms with Crippen molar-refractivity contribution >= 4 is 23.5 Å². The lowest BCUT2D eigenvalue weighted by atomic mass is 10.3. The van der Waals surface area contributed by atoms with E-state index in [-0.39, 0.29) is 17.0 Å². The van der Waals surface area contributed by atoms with Crippen LogP contribution in [0.1, 0.15) is 12.8 Å². The van der Waals surface area contributed by atoms with Gasteiger partial charge in [-0.1, -0.05) is 11.6 Å². The topological polar surface area (TPSA) is 77.2 Å². The van der Waals surface area contributed by atoms with E-state index in [0.717, 1.165) is 25.9 Å². The maximum absolute atomic E-state index is 13.1. The first kappa shape index (κ1) is 13.8. The molecule has 8 heteroatoms. The fourth-order valence-electron chi connectivity index (χ4n) is 2.11.